The van der Waals surface area contributed by atoms with E-state index < -0.39 is 10.0 Å². The van der Waals surface area contributed by atoms with Crippen molar-refractivity contribution < 1.29 is 13.2 Å². The summed E-state index contributed by atoms with van der Waals surface area (Å²) in [5, 5.41) is 9.05. The molecule has 2 rings (SSSR count). The van der Waals surface area contributed by atoms with Crippen molar-refractivity contribution in [1.82, 2.24) is 14.8 Å². The van der Waals surface area contributed by atoms with E-state index in [0.717, 1.165) is 5.56 Å². The molecule has 0 aliphatic heterocycles. The van der Waals surface area contributed by atoms with Crippen LogP contribution in [0.3, 0.4) is 0 Å². The van der Waals surface area contributed by atoms with E-state index in [1.54, 1.807) is 13.3 Å². The molecule has 0 radical (unpaired) electrons. The average molecular weight is 310 g/mol. The smallest absolute Gasteiger partial charge is 0.241 e. The first kappa shape index (κ1) is 15.6. The van der Waals surface area contributed by atoms with Gasteiger partial charge in [0.1, 0.15) is 4.90 Å². The van der Waals surface area contributed by atoms with Gasteiger partial charge in [0, 0.05) is 18.7 Å². The van der Waals surface area contributed by atoms with E-state index in [9.17, 15) is 8.42 Å². The molecule has 0 aromatic carbocycles. The minimum absolute atomic E-state index is 0.0501. The number of nitrogens with two attached hydrogens (primary N) is 1. The Morgan fingerprint density at radius 3 is 2.71 bits per heavy atom. The van der Waals surface area contributed by atoms with Gasteiger partial charge in [-0.05, 0) is 17.7 Å². The summed E-state index contributed by atoms with van der Waals surface area (Å²) < 4.78 is 29.2. The molecular weight excluding hydrogens is 292 g/mol. The Labute approximate surface area is 123 Å². The van der Waals surface area contributed by atoms with Gasteiger partial charge in [-0.15, -0.1) is 0 Å². The first-order valence-corrected chi connectivity index (χ1v) is 7.82. The molecule has 2 aromatic rings. The number of hydrogen-bond donors (Lipinski definition) is 1. The van der Waals surface area contributed by atoms with Crippen LogP contribution in [0.15, 0.2) is 35.6 Å². The Bertz CT molecular complexity index is 737. The highest BCUT2D eigenvalue weighted by atomic mass is 32.2. The number of rotatable bonds is 5. The Hall–Kier alpha value is -1.77. The summed E-state index contributed by atoms with van der Waals surface area (Å²) in [6.07, 6.45) is 4.19. The van der Waals surface area contributed by atoms with Crippen molar-refractivity contribution in [3.8, 4) is 5.82 Å². The Morgan fingerprint density at radius 2 is 2.14 bits per heavy atom. The molecule has 21 heavy (non-hydrogen) atoms. The molecule has 0 saturated carbocycles. The van der Waals surface area contributed by atoms with Gasteiger partial charge in [-0.25, -0.2) is 23.2 Å². The molecule has 8 heteroatoms. The number of primary sulfonamides is 1. The zero-order valence-electron chi connectivity index (χ0n) is 12.1. The number of ether oxygens (including phenoxy) is 1. The van der Waals surface area contributed by atoms with Crippen molar-refractivity contribution >= 4 is 10.0 Å². The highest BCUT2D eigenvalue weighted by Gasteiger charge is 2.21. The van der Waals surface area contributed by atoms with Crippen LogP contribution in [0, 0.1) is 0 Å². The third kappa shape index (κ3) is 3.46. The SMILES string of the molecule is COCC(C)(C)c1ccnc(-n2cc(S(N)(=O)=O)cn2)c1. The molecule has 0 aliphatic carbocycles. The maximum absolute atomic E-state index is 11.3. The van der Waals surface area contributed by atoms with Gasteiger partial charge in [0.25, 0.3) is 0 Å². The zero-order valence-corrected chi connectivity index (χ0v) is 13.0. The van der Waals surface area contributed by atoms with Crippen LogP contribution in [0.4, 0.5) is 0 Å². The van der Waals surface area contributed by atoms with Crippen molar-refractivity contribution in [2.75, 3.05) is 13.7 Å². The maximum atomic E-state index is 11.3. The van der Waals surface area contributed by atoms with Gasteiger partial charge < -0.3 is 4.74 Å². The van der Waals surface area contributed by atoms with Gasteiger partial charge in [0.05, 0.1) is 19.0 Å². The first-order chi connectivity index (χ1) is 9.74. The molecule has 2 N–H and O–H groups in total. The van der Waals surface area contributed by atoms with Gasteiger partial charge >= 0.3 is 0 Å². The number of methoxy groups -OCH3 is 1. The summed E-state index contributed by atoms with van der Waals surface area (Å²) in [4.78, 5) is 4.15. The van der Waals surface area contributed by atoms with E-state index in [4.69, 9.17) is 9.88 Å². The maximum Gasteiger partial charge on any atom is 0.241 e. The van der Waals surface area contributed by atoms with Gasteiger partial charge in [-0.3, -0.25) is 0 Å². The molecule has 0 saturated heterocycles. The number of pyridine rings is 1. The topological polar surface area (TPSA) is 100 Å². The van der Waals surface area contributed by atoms with Gasteiger partial charge in [-0.1, -0.05) is 13.8 Å². The Kier molecular flexibility index (Phi) is 4.13. The van der Waals surface area contributed by atoms with E-state index in [2.05, 4.69) is 23.9 Å². The molecule has 2 heterocycles. The molecular formula is C13H18N4O3S. The molecule has 0 unspecified atom stereocenters. The number of aromatic nitrogens is 3. The Balaban J connectivity index is 2.40. The summed E-state index contributed by atoms with van der Waals surface area (Å²) in [6.45, 7) is 4.65. The van der Waals surface area contributed by atoms with E-state index in [1.165, 1.54) is 17.1 Å². The molecule has 7 nitrogen and oxygen atoms in total. The van der Waals surface area contributed by atoms with Crippen molar-refractivity contribution in [3.63, 3.8) is 0 Å². The van der Waals surface area contributed by atoms with E-state index in [1.807, 2.05) is 12.1 Å². The molecule has 0 spiro atoms. The second-order valence-electron chi connectivity index (χ2n) is 5.39. The third-order valence-corrected chi connectivity index (χ3v) is 4.02. The van der Waals surface area contributed by atoms with Crippen LogP contribution in [-0.2, 0) is 20.2 Å². The molecule has 2 aromatic heterocycles. The summed E-state index contributed by atoms with van der Waals surface area (Å²) in [5.41, 5.74) is 0.824. The minimum atomic E-state index is -3.77. The fourth-order valence-corrected chi connectivity index (χ4v) is 2.43. The highest BCUT2D eigenvalue weighted by molar-refractivity contribution is 7.89. The van der Waals surface area contributed by atoms with Crippen molar-refractivity contribution in [2.45, 2.75) is 24.2 Å². The molecule has 0 aliphatic rings. The van der Waals surface area contributed by atoms with Gasteiger partial charge in [-0.2, -0.15) is 5.10 Å². The highest BCUT2D eigenvalue weighted by Crippen LogP contribution is 2.24. The van der Waals surface area contributed by atoms with Crippen LogP contribution in [-0.4, -0.2) is 36.9 Å². The quantitative estimate of drug-likeness (QED) is 0.882. The van der Waals surface area contributed by atoms with Crippen LogP contribution in [0.1, 0.15) is 19.4 Å². The lowest BCUT2D eigenvalue weighted by molar-refractivity contribution is 0.146. The van der Waals surface area contributed by atoms with E-state index in [-0.39, 0.29) is 10.3 Å². The second kappa shape index (κ2) is 5.55. The minimum Gasteiger partial charge on any atom is -0.384 e. The molecule has 0 amide bonds. The molecule has 0 fully saturated rings. The fourth-order valence-electron chi connectivity index (χ4n) is 1.99. The monoisotopic (exact) mass is 310 g/mol. The first-order valence-electron chi connectivity index (χ1n) is 6.27. The Morgan fingerprint density at radius 1 is 1.43 bits per heavy atom. The van der Waals surface area contributed by atoms with Gasteiger partial charge in [0.15, 0.2) is 5.82 Å². The average Bonchev–Trinajstić information content (AvgIpc) is 2.88. The lowest BCUT2D eigenvalue weighted by atomic mass is 9.86. The molecule has 0 bridgehead atoms. The van der Waals surface area contributed by atoms with Crippen LogP contribution >= 0.6 is 0 Å². The zero-order chi connectivity index (χ0) is 15.7. The number of sulfonamides is 1. The van der Waals surface area contributed by atoms with Crippen LogP contribution < -0.4 is 5.14 Å². The standard InChI is InChI=1S/C13H18N4O3S/c1-13(2,9-20-3)10-4-5-15-12(6-10)17-8-11(7-16-17)21(14,18)19/h4-8H,9H2,1-3H3,(H2,14,18,19). The predicted molar refractivity (Wildman–Crippen MR) is 77.6 cm³/mol. The van der Waals surface area contributed by atoms with E-state index >= 15 is 0 Å². The summed E-state index contributed by atoms with van der Waals surface area (Å²) in [7, 11) is -2.12. The third-order valence-electron chi connectivity index (χ3n) is 3.15. The van der Waals surface area contributed by atoms with Crippen LogP contribution in [0.5, 0.6) is 0 Å². The molecule has 0 atom stereocenters. The summed E-state index contributed by atoms with van der Waals surface area (Å²) >= 11 is 0. The summed E-state index contributed by atoms with van der Waals surface area (Å²) in [5.74, 6) is 0.520. The largest absolute Gasteiger partial charge is 0.384 e. The fraction of sp³-hybridized carbons (Fsp3) is 0.385. The second-order valence-corrected chi connectivity index (χ2v) is 6.95. The number of hydrogen-bond acceptors (Lipinski definition) is 5. The lowest BCUT2D eigenvalue weighted by Gasteiger charge is -2.24. The van der Waals surface area contributed by atoms with Crippen molar-refractivity contribution in [1.29, 1.82) is 0 Å². The van der Waals surface area contributed by atoms with Gasteiger partial charge in [0.2, 0.25) is 10.0 Å². The van der Waals surface area contributed by atoms with Crippen molar-refractivity contribution in [3.05, 3.63) is 36.3 Å². The van der Waals surface area contributed by atoms with E-state index in [0.29, 0.717) is 12.4 Å². The molecule has 114 valence electrons. The summed E-state index contributed by atoms with van der Waals surface area (Å²) in [6, 6.07) is 3.74. The lowest BCUT2D eigenvalue weighted by Crippen LogP contribution is -2.23. The normalized spacial score (nSPS) is 12.6. The number of nitrogens with zero attached hydrogens (tertiary/aromatic N) is 3. The van der Waals surface area contributed by atoms with Crippen LogP contribution in [0.2, 0.25) is 0 Å². The van der Waals surface area contributed by atoms with Crippen molar-refractivity contribution in [2.24, 2.45) is 5.14 Å². The predicted octanol–water partition coefficient (Wildman–Crippen LogP) is 0.839. The van der Waals surface area contributed by atoms with Crippen LogP contribution in [0.25, 0.3) is 5.82 Å².